The fourth-order valence-electron chi connectivity index (χ4n) is 2.09. The van der Waals surface area contributed by atoms with Gasteiger partial charge in [0.1, 0.15) is 4.90 Å². The van der Waals surface area contributed by atoms with Crippen LogP contribution in [0.3, 0.4) is 0 Å². The summed E-state index contributed by atoms with van der Waals surface area (Å²) in [5, 5.41) is 2.76. The lowest BCUT2D eigenvalue weighted by Gasteiger charge is -2.12. The molecule has 0 aliphatic carbocycles. The molecule has 7 heteroatoms. The molecule has 0 atom stereocenters. The molecule has 24 heavy (non-hydrogen) atoms. The zero-order valence-corrected chi connectivity index (χ0v) is 14.5. The molecule has 0 radical (unpaired) electrons. The maximum Gasteiger partial charge on any atom is 0.262 e. The number of pyridine rings is 1. The summed E-state index contributed by atoms with van der Waals surface area (Å²) in [6.07, 6.45) is 3.78. The highest BCUT2D eigenvalue weighted by molar-refractivity contribution is 7.92. The number of anilines is 1. The largest absolute Gasteiger partial charge is 0.352 e. The number of carbonyl (C=O) groups is 1. The number of hydrogen-bond acceptors (Lipinski definition) is 4. The number of nitrogens with zero attached hydrogens (tertiary/aromatic N) is 1. The van der Waals surface area contributed by atoms with Gasteiger partial charge in [-0.1, -0.05) is 26.0 Å². The first-order valence-corrected chi connectivity index (χ1v) is 9.18. The van der Waals surface area contributed by atoms with E-state index in [1.807, 2.05) is 0 Å². The molecule has 0 aliphatic rings. The molecule has 2 rings (SSSR count). The van der Waals surface area contributed by atoms with Crippen molar-refractivity contribution in [2.75, 3.05) is 11.3 Å². The Hall–Kier alpha value is -2.41. The van der Waals surface area contributed by atoms with Gasteiger partial charge in [-0.15, -0.1) is 0 Å². The van der Waals surface area contributed by atoms with Gasteiger partial charge in [-0.25, -0.2) is 8.42 Å². The molecule has 1 heterocycles. The van der Waals surface area contributed by atoms with Crippen LogP contribution >= 0.6 is 0 Å². The topological polar surface area (TPSA) is 88.2 Å². The SMILES string of the molecule is CC(C)CCNC(=O)c1ccccc1S(=O)(=O)Nc1cccnc1. The summed E-state index contributed by atoms with van der Waals surface area (Å²) in [6.45, 7) is 4.62. The Morgan fingerprint density at radius 2 is 1.92 bits per heavy atom. The first kappa shape index (κ1) is 17.9. The molecule has 1 aromatic heterocycles. The van der Waals surface area contributed by atoms with E-state index in [4.69, 9.17) is 0 Å². The number of carbonyl (C=O) groups excluding carboxylic acids is 1. The Balaban J connectivity index is 2.22. The van der Waals surface area contributed by atoms with Crippen molar-refractivity contribution < 1.29 is 13.2 Å². The van der Waals surface area contributed by atoms with Crippen LogP contribution in [0.2, 0.25) is 0 Å². The molecule has 0 saturated carbocycles. The maximum absolute atomic E-state index is 12.6. The van der Waals surface area contributed by atoms with Crippen LogP contribution in [0.4, 0.5) is 5.69 Å². The summed E-state index contributed by atoms with van der Waals surface area (Å²) in [5.74, 6) is 0.0549. The highest BCUT2D eigenvalue weighted by Gasteiger charge is 2.22. The molecule has 128 valence electrons. The third kappa shape index (κ3) is 4.79. The quantitative estimate of drug-likeness (QED) is 0.806. The summed E-state index contributed by atoms with van der Waals surface area (Å²) in [7, 11) is -3.88. The summed E-state index contributed by atoms with van der Waals surface area (Å²) < 4.78 is 27.6. The van der Waals surface area contributed by atoms with Crippen LogP contribution in [0.15, 0.2) is 53.7 Å². The minimum atomic E-state index is -3.88. The fraction of sp³-hybridized carbons (Fsp3) is 0.294. The van der Waals surface area contributed by atoms with Gasteiger partial charge in [0.15, 0.2) is 0 Å². The van der Waals surface area contributed by atoms with Crippen LogP contribution in [0.1, 0.15) is 30.6 Å². The van der Waals surface area contributed by atoms with Gasteiger partial charge >= 0.3 is 0 Å². The highest BCUT2D eigenvalue weighted by Crippen LogP contribution is 2.19. The van der Waals surface area contributed by atoms with Crippen LogP contribution < -0.4 is 10.0 Å². The summed E-state index contributed by atoms with van der Waals surface area (Å²) in [4.78, 5) is 16.1. The third-order valence-electron chi connectivity index (χ3n) is 3.34. The van der Waals surface area contributed by atoms with E-state index in [2.05, 4.69) is 28.9 Å². The average Bonchev–Trinajstić information content (AvgIpc) is 2.55. The zero-order valence-electron chi connectivity index (χ0n) is 13.7. The molecule has 2 aromatic rings. The predicted octanol–water partition coefficient (Wildman–Crippen LogP) is 2.66. The molecule has 1 aromatic carbocycles. The lowest BCUT2D eigenvalue weighted by atomic mass is 10.1. The van der Waals surface area contributed by atoms with Gasteiger partial charge in [0.05, 0.1) is 17.4 Å². The molecule has 6 nitrogen and oxygen atoms in total. The number of nitrogens with one attached hydrogen (secondary N) is 2. The Morgan fingerprint density at radius 3 is 2.58 bits per heavy atom. The molecule has 0 aliphatic heterocycles. The molecular weight excluding hydrogens is 326 g/mol. The minimum Gasteiger partial charge on any atom is -0.352 e. The monoisotopic (exact) mass is 347 g/mol. The molecule has 2 N–H and O–H groups in total. The second-order valence-electron chi connectivity index (χ2n) is 5.78. The summed E-state index contributed by atoms with van der Waals surface area (Å²) in [5.41, 5.74) is 0.463. The molecule has 0 fully saturated rings. The smallest absolute Gasteiger partial charge is 0.262 e. The lowest BCUT2D eigenvalue weighted by molar-refractivity contribution is 0.0948. The van der Waals surface area contributed by atoms with E-state index >= 15 is 0 Å². The first-order chi connectivity index (χ1) is 11.4. The van der Waals surface area contributed by atoms with Crippen molar-refractivity contribution in [2.24, 2.45) is 5.92 Å². The van der Waals surface area contributed by atoms with Crippen molar-refractivity contribution in [2.45, 2.75) is 25.2 Å². The van der Waals surface area contributed by atoms with Crippen molar-refractivity contribution >= 4 is 21.6 Å². The zero-order chi connectivity index (χ0) is 17.6. The molecule has 0 saturated heterocycles. The maximum atomic E-state index is 12.6. The van der Waals surface area contributed by atoms with Crippen LogP contribution in [0.25, 0.3) is 0 Å². The van der Waals surface area contributed by atoms with E-state index in [9.17, 15) is 13.2 Å². The second-order valence-corrected chi connectivity index (χ2v) is 7.43. The Labute approximate surface area is 142 Å². The van der Waals surface area contributed by atoms with Crippen LogP contribution in [-0.4, -0.2) is 25.9 Å². The van der Waals surface area contributed by atoms with Gasteiger partial charge in [0.25, 0.3) is 15.9 Å². The van der Waals surface area contributed by atoms with Crippen molar-refractivity contribution in [1.82, 2.24) is 10.3 Å². The number of sulfonamides is 1. The van der Waals surface area contributed by atoms with Gasteiger partial charge in [-0.2, -0.15) is 0 Å². The van der Waals surface area contributed by atoms with Crippen LogP contribution in [0.5, 0.6) is 0 Å². The van der Waals surface area contributed by atoms with Crippen molar-refractivity contribution in [3.8, 4) is 0 Å². The molecule has 0 spiro atoms. The van der Waals surface area contributed by atoms with E-state index in [-0.39, 0.29) is 10.5 Å². The first-order valence-electron chi connectivity index (χ1n) is 7.70. The van der Waals surface area contributed by atoms with Gasteiger partial charge in [0, 0.05) is 12.7 Å². The van der Waals surface area contributed by atoms with Gasteiger partial charge in [0.2, 0.25) is 0 Å². The van der Waals surface area contributed by atoms with Gasteiger partial charge < -0.3 is 5.32 Å². The molecule has 0 unspecified atom stereocenters. The number of amides is 1. The highest BCUT2D eigenvalue weighted by atomic mass is 32.2. The van der Waals surface area contributed by atoms with Crippen LogP contribution in [0, 0.1) is 5.92 Å². The van der Waals surface area contributed by atoms with Crippen molar-refractivity contribution in [1.29, 1.82) is 0 Å². The summed E-state index contributed by atoms with van der Waals surface area (Å²) in [6, 6.07) is 9.36. The van der Waals surface area contributed by atoms with E-state index in [1.54, 1.807) is 30.5 Å². The predicted molar refractivity (Wildman–Crippen MR) is 93.3 cm³/mol. The van der Waals surface area contributed by atoms with E-state index in [0.29, 0.717) is 18.2 Å². The summed E-state index contributed by atoms with van der Waals surface area (Å²) >= 11 is 0. The van der Waals surface area contributed by atoms with E-state index in [1.165, 1.54) is 18.3 Å². The van der Waals surface area contributed by atoms with Crippen molar-refractivity contribution in [3.63, 3.8) is 0 Å². The van der Waals surface area contributed by atoms with E-state index < -0.39 is 15.9 Å². The Kier molecular flexibility index (Phi) is 5.92. The standard InChI is InChI=1S/C17H21N3O3S/c1-13(2)9-11-19-17(21)15-7-3-4-8-16(15)24(22,23)20-14-6-5-10-18-12-14/h3-8,10,12-13,20H,9,11H2,1-2H3,(H,19,21). The average molecular weight is 347 g/mol. The second kappa shape index (κ2) is 7.92. The number of rotatable bonds is 7. The molecule has 1 amide bonds. The Morgan fingerprint density at radius 1 is 1.17 bits per heavy atom. The number of aromatic nitrogens is 1. The van der Waals surface area contributed by atoms with Gasteiger partial charge in [-0.3, -0.25) is 14.5 Å². The number of hydrogen-bond donors (Lipinski definition) is 2. The third-order valence-corrected chi connectivity index (χ3v) is 4.78. The van der Waals surface area contributed by atoms with Gasteiger partial charge in [-0.05, 0) is 36.6 Å². The lowest BCUT2D eigenvalue weighted by Crippen LogP contribution is -2.27. The minimum absolute atomic E-state index is 0.0594. The van der Waals surface area contributed by atoms with Crippen LogP contribution in [-0.2, 0) is 10.0 Å². The number of benzene rings is 1. The normalized spacial score (nSPS) is 11.3. The molecule has 0 bridgehead atoms. The molecular formula is C17H21N3O3S. The fourth-order valence-corrected chi connectivity index (χ4v) is 3.34. The van der Waals surface area contributed by atoms with Crippen molar-refractivity contribution in [3.05, 3.63) is 54.4 Å². The van der Waals surface area contributed by atoms with E-state index in [0.717, 1.165) is 6.42 Å². The Bertz CT molecular complexity index is 790.